The van der Waals surface area contributed by atoms with E-state index in [-0.39, 0.29) is 11.8 Å². The minimum absolute atomic E-state index is 0.107. The summed E-state index contributed by atoms with van der Waals surface area (Å²) in [5.74, 6) is 0.783. The summed E-state index contributed by atoms with van der Waals surface area (Å²) in [4.78, 5) is 14.2. The van der Waals surface area contributed by atoms with Gasteiger partial charge in [0.25, 0.3) is 0 Å². The molecule has 18 heavy (non-hydrogen) atoms. The van der Waals surface area contributed by atoms with Gasteiger partial charge in [-0.3, -0.25) is 4.79 Å². The molecule has 3 atom stereocenters. The fourth-order valence-corrected chi connectivity index (χ4v) is 2.70. The predicted molar refractivity (Wildman–Crippen MR) is 75.3 cm³/mol. The van der Waals surface area contributed by atoms with Crippen LogP contribution < -0.4 is 11.1 Å². The average Bonchev–Trinajstić information content (AvgIpc) is 2.33. The smallest absolute Gasteiger partial charge is 0.223 e. The van der Waals surface area contributed by atoms with Crippen LogP contribution in [0.3, 0.4) is 0 Å². The quantitative estimate of drug-likeness (QED) is 0.701. The van der Waals surface area contributed by atoms with Crippen molar-refractivity contribution in [3.63, 3.8) is 0 Å². The minimum atomic E-state index is 0.107. The Balaban J connectivity index is 2.23. The summed E-state index contributed by atoms with van der Waals surface area (Å²) in [6.45, 7) is 3.84. The van der Waals surface area contributed by atoms with Crippen LogP contribution in [0.15, 0.2) is 0 Å². The molecule has 1 saturated carbocycles. The summed E-state index contributed by atoms with van der Waals surface area (Å²) in [5.41, 5.74) is 5.98. The van der Waals surface area contributed by atoms with Gasteiger partial charge in [0.15, 0.2) is 0 Å². The highest BCUT2D eigenvalue weighted by molar-refractivity contribution is 5.78. The molecule has 3 N–H and O–H groups in total. The Bertz CT molecular complexity index is 255. The van der Waals surface area contributed by atoms with E-state index in [2.05, 4.69) is 10.2 Å². The van der Waals surface area contributed by atoms with Crippen molar-refractivity contribution in [3.05, 3.63) is 0 Å². The molecular weight excluding hydrogens is 226 g/mol. The zero-order valence-electron chi connectivity index (χ0n) is 12.1. The van der Waals surface area contributed by atoms with E-state index >= 15 is 0 Å². The Morgan fingerprint density at radius 1 is 1.44 bits per heavy atom. The molecule has 1 rings (SSSR count). The van der Waals surface area contributed by atoms with Crippen LogP contribution in [0, 0.1) is 11.8 Å². The molecular formula is C14H29N3O. The molecule has 1 fully saturated rings. The largest absolute Gasteiger partial charge is 0.356 e. The monoisotopic (exact) mass is 255 g/mol. The molecule has 0 heterocycles. The van der Waals surface area contributed by atoms with Crippen LogP contribution in [0.4, 0.5) is 0 Å². The van der Waals surface area contributed by atoms with Gasteiger partial charge >= 0.3 is 0 Å². The Morgan fingerprint density at radius 3 is 2.78 bits per heavy atom. The molecule has 1 amide bonds. The van der Waals surface area contributed by atoms with Crippen molar-refractivity contribution in [2.24, 2.45) is 17.6 Å². The summed E-state index contributed by atoms with van der Waals surface area (Å²) in [6.07, 6.45) is 5.46. The van der Waals surface area contributed by atoms with Gasteiger partial charge in [-0.2, -0.15) is 0 Å². The van der Waals surface area contributed by atoms with Crippen molar-refractivity contribution in [1.29, 1.82) is 0 Å². The summed E-state index contributed by atoms with van der Waals surface area (Å²) in [5, 5.41) is 3.04. The minimum Gasteiger partial charge on any atom is -0.356 e. The molecule has 0 bridgehead atoms. The molecule has 4 nitrogen and oxygen atoms in total. The molecule has 0 aromatic rings. The second-order valence-corrected chi connectivity index (χ2v) is 5.92. The van der Waals surface area contributed by atoms with Crippen molar-refractivity contribution in [3.8, 4) is 0 Å². The molecule has 0 spiro atoms. The van der Waals surface area contributed by atoms with E-state index in [0.29, 0.717) is 12.0 Å². The Kier molecular flexibility index (Phi) is 6.65. The number of nitrogens with two attached hydrogens (primary N) is 1. The van der Waals surface area contributed by atoms with Crippen LogP contribution >= 0.6 is 0 Å². The highest BCUT2D eigenvalue weighted by Crippen LogP contribution is 2.29. The molecule has 0 aliphatic heterocycles. The summed E-state index contributed by atoms with van der Waals surface area (Å²) < 4.78 is 0. The van der Waals surface area contributed by atoms with E-state index in [1.165, 1.54) is 6.42 Å². The summed E-state index contributed by atoms with van der Waals surface area (Å²) in [7, 11) is 4.10. The molecule has 0 radical (unpaired) electrons. The van der Waals surface area contributed by atoms with Crippen LogP contribution in [0.25, 0.3) is 0 Å². The molecule has 106 valence electrons. The second-order valence-electron chi connectivity index (χ2n) is 5.92. The lowest BCUT2D eigenvalue weighted by Crippen LogP contribution is -2.38. The SMILES string of the molecule is CC(C(=O)NCCCN(C)C)C1CCCC(N)C1. The molecule has 0 aromatic carbocycles. The number of nitrogens with zero attached hydrogens (tertiary/aromatic N) is 1. The first-order chi connectivity index (χ1) is 8.50. The third-order valence-corrected chi connectivity index (χ3v) is 3.96. The van der Waals surface area contributed by atoms with E-state index < -0.39 is 0 Å². The van der Waals surface area contributed by atoms with E-state index in [0.717, 1.165) is 38.8 Å². The average molecular weight is 255 g/mol. The second kappa shape index (κ2) is 7.74. The highest BCUT2D eigenvalue weighted by Gasteiger charge is 2.28. The fraction of sp³-hybridized carbons (Fsp3) is 0.929. The number of nitrogens with one attached hydrogen (secondary N) is 1. The predicted octanol–water partition coefficient (Wildman–Crippen LogP) is 1.21. The number of hydrogen-bond donors (Lipinski definition) is 2. The van der Waals surface area contributed by atoms with Crippen LogP contribution in [-0.2, 0) is 4.79 Å². The maximum absolute atomic E-state index is 12.0. The van der Waals surface area contributed by atoms with Gasteiger partial charge in [-0.15, -0.1) is 0 Å². The Morgan fingerprint density at radius 2 is 2.17 bits per heavy atom. The van der Waals surface area contributed by atoms with Gasteiger partial charge in [0, 0.05) is 18.5 Å². The normalized spacial score (nSPS) is 26.1. The Hall–Kier alpha value is -0.610. The van der Waals surface area contributed by atoms with Gasteiger partial charge in [0.05, 0.1) is 0 Å². The van der Waals surface area contributed by atoms with Crippen molar-refractivity contribution in [2.75, 3.05) is 27.2 Å². The van der Waals surface area contributed by atoms with E-state index in [4.69, 9.17) is 5.73 Å². The molecule has 3 unspecified atom stereocenters. The number of carbonyl (C=O) groups is 1. The van der Waals surface area contributed by atoms with Crippen LogP contribution in [0.1, 0.15) is 39.0 Å². The van der Waals surface area contributed by atoms with Crippen molar-refractivity contribution >= 4 is 5.91 Å². The van der Waals surface area contributed by atoms with Crippen LogP contribution in [-0.4, -0.2) is 44.0 Å². The number of rotatable bonds is 6. The number of carbonyl (C=O) groups excluding carboxylic acids is 1. The lowest BCUT2D eigenvalue weighted by molar-refractivity contribution is -0.126. The molecule has 0 saturated heterocycles. The van der Waals surface area contributed by atoms with Gasteiger partial charge in [-0.25, -0.2) is 0 Å². The first kappa shape index (κ1) is 15.4. The maximum atomic E-state index is 12.0. The molecule has 0 aromatic heterocycles. The van der Waals surface area contributed by atoms with Crippen LogP contribution in [0.5, 0.6) is 0 Å². The lowest BCUT2D eigenvalue weighted by atomic mass is 9.78. The highest BCUT2D eigenvalue weighted by atomic mass is 16.1. The van der Waals surface area contributed by atoms with Crippen LogP contribution in [0.2, 0.25) is 0 Å². The van der Waals surface area contributed by atoms with Gasteiger partial charge < -0.3 is 16.0 Å². The first-order valence-electron chi connectivity index (χ1n) is 7.18. The van der Waals surface area contributed by atoms with Gasteiger partial charge in [0.2, 0.25) is 5.91 Å². The van der Waals surface area contributed by atoms with E-state index in [9.17, 15) is 4.79 Å². The third kappa shape index (κ3) is 5.36. The van der Waals surface area contributed by atoms with Gasteiger partial charge in [-0.1, -0.05) is 13.3 Å². The third-order valence-electron chi connectivity index (χ3n) is 3.96. The zero-order valence-corrected chi connectivity index (χ0v) is 12.1. The first-order valence-corrected chi connectivity index (χ1v) is 7.18. The molecule has 1 aliphatic carbocycles. The summed E-state index contributed by atoms with van der Waals surface area (Å²) in [6, 6.07) is 0.299. The number of hydrogen-bond acceptors (Lipinski definition) is 3. The zero-order chi connectivity index (χ0) is 13.5. The fourth-order valence-electron chi connectivity index (χ4n) is 2.70. The van der Waals surface area contributed by atoms with E-state index in [1.807, 2.05) is 21.0 Å². The Labute approximate surface area is 111 Å². The molecule has 1 aliphatic rings. The van der Waals surface area contributed by atoms with E-state index in [1.54, 1.807) is 0 Å². The standard InChI is InChI=1S/C14H29N3O/c1-11(12-6-4-7-13(15)10-12)14(18)16-8-5-9-17(2)3/h11-13H,4-10,15H2,1-3H3,(H,16,18). The molecule has 4 heteroatoms. The number of amides is 1. The topological polar surface area (TPSA) is 58.4 Å². The van der Waals surface area contributed by atoms with Crippen molar-refractivity contribution in [2.45, 2.75) is 45.1 Å². The van der Waals surface area contributed by atoms with Crippen molar-refractivity contribution < 1.29 is 4.79 Å². The summed E-state index contributed by atoms with van der Waals surface area (Å²) >= 11 is 0. The van der Waals surface area contributed by atoms with Crippen molar-refractivity contribution in [1.82, 2.24) is 10.2 Å². The van der Waals surface area contributed by atoms with Gasteiger partial charge in [-0.05, 0) is 52.2 Å². The maximum Gasteiger partial charge on any atom is 0.223 e. The van der Waals surface area contributed by atoms with Gasteiger partial charge in [0.1, 0.15) is 0 Å². The lowest BCUT2D eigenvalue weighted by Gasteiger charge is -2.30.